The summed E-state index contributed by atoms with van der Waals surface area (Å²) in [6.45, 7) is 0. The van der Waals surface area contributed by atoms with Crippen molar-refractivity contribution in [1.82, 2.24) is 4.98 Å². The van der Waals surface area contributed by atoms with Crippen LogP contribution in [0.4, 0.5) is 11.7 Å². The van der Waals surface area contributed by atoms with Crippen LogP contribution >= 0.6 is 11.8 Å². The van der Waals surface area contributed by atoms with Gasteiger partial charge < -0.3 is 9.73 Å². The second-order valence-corrected chi connectivity index (χ2v) is 6.43. The number of nitro groups is 1. The van der Waals surface area contributed by atoms with Gasteiger partial charge in [-0.2, -0.15) is 16.7 Å². The van der Waals surface area contributed by atoms with Crippen molar-refractivity contribution in [2.45, 2.75) is 37.0 Å². The maximum atomic E-state index is 10.8. The number of hydrogen-bond acceptors (Lipinski definition) is 6. The van der Waals surface area contributed by atoms with Crippen molar-refractivity contribution >= 4 is 34.6 Å². The van der Waals surface area contributed by atoms with E-state index in [-0.39, 0.29) is 5.69 Å². The smallest absolute Gasteiger partial charge is 0.295 e. The summed E-state index contributed by atoms with van der Waals surface area (Å²) in [6.07, 6.45) is 6.82. The van der Waals surface area contributed by atoms with Crippen LogP contribution in [0.3, 0.4) is 0 Å². The third-order valence-corrected chi connectivity index (χ3v) is 4.96. The van der Waals surface area contributed by atoms with E-state index in [1.807, 2.05) is 11.8 Å². The highest BCUT2D eigenvalue weighted by Crippen LogP contribution is 2.30. The number of non-ortho nitro benzene ring substituents is 1. The normalized spacial score (nSPS) is 22.3. The molecule has 1 saturated carbocycles. The monoisotopic (exact) mass is 307 g/mol. The average Bonchev–Trinajstić information content (AvgIpc) is 2.88. The van der Waals surface area contributed by atoms with Gasteiger partial charge in [0.25, 0.3) is 11.7 Å². The number of nitrogens with zero attached hydrogens (tertiary/aromatic N) is 2. The zero-order chi connectivity index (χ0) is 14.8. The van der Waals surface area contributed by atoms with E-state index in [4.69, 9.17) is 4.42 Å². The van der Waals surface area contributed by atoms with E-state index in [1.165, 1.54) is 25.0 Å². The minimum atomic E-state index is -0.431. The highest BCUT2D eigenvalue weighted by molar-refractivity contribution is 7.99. The Morgan fingerprint density at radius 3 is 3.10 bits per heavy atom. The van der Waals surface area contributed by atoms with Crippen molar-refractivity contribution in [3.8, 4) is 0 Å². The average molecular weight is 307 g/mol. The fourth-order valence-electron chi connectivity index (χ4n) is 2.75. The Bertz CT molecular complexity index is 658. The van der Waals surface area contributed by atoms with Crippen LogP contribution in [0, 0.1) is 10.1 Å². The topological polar surface area (TPSA) is 81.2 Å². The lowest BCUT2D eigenvalue weighted by Gasteiger charge is -2.27. The van der Waals surface area contributed by atoms with Crippen LogP contribution in [0.1, 0.15) is 25.7 Å². The molecule has 0 bridgehead atoms. The molecule has 1 aromatic carbocycles. The van der Waals surface area contributed by atoms with Crippen LogP contribution in [0.25, 0.3) is 11.1 Å². The van der Waals surface area contributed by atoms with Crippen molar-refractivity contribution in [1.29, 1.82) is 0 Å². The molecule has 1 aromatic heterocycles. The standard InChI is InChI=1S/C14H17N3O3S/c1-21-11-4-2-3-9(7-11)15-14-16-12-6-5-10(17(18)19)8-13(12)20-14/h5-6,8-9,11H,2-4,7H2,1H3,(H,15,16). The number of fused-ring (bicyclic) bond motifs is 1. The molecular formula is C14H17N3O3S. The molecule has 2 aromatic rings. The number of thioether (sulfide) groups is 1. The van der Waals surface area contributed by atoms with Crippen molar-refractivity contribution in [3.63, 3.8) is 0 Å². The van der Waals surface area contributed by atoms with Gasteiger partial charge in [0, 0.05) is 17.4 Å². The zero-order valence-corrected chi connectivity index (χ0v) is 12.6. The summed E-state index contributed by atoms with van der Waals surface area (Å²) in [5.74, 6) is 0. The molecule has 1 aliphatic carbocycles. The molecule has 1 aliphatic rings. The van der Waals surface area contributed by atoms with Gasteiger partial charge in [0.2, 0.25) is 0 Å². The number of rotatable bonds is 4. The first kappa shape index (κ1) is 14.2. The van der Waals surface area contributed by atoms with Crippen LogP contribution in [-0.2, 0) is 0 Å². The first-order chi connectivity index (χ1) is 10.2. The van der Waals surface area contributed by atoms with Gasteiger partial charge >= 0.3 is 0 Å². The third kappa shape index (κ3) is 3.12. The van der Waals surface area contributed by atoms with E-state index >= 15 is 0 Å². The van der Waals surface area contributed by atoms with Gasteiger partial charge in [0.1, 0.15) is 5.52 Å². The summed E-state index contributed by atoms with van der Waals surface area (Å²) < 4.78 is 5.60. The molecule has 1 N–H and O–H groups in total. The van der Waals surface area contributed by atoms with E-state index in [0.717, 1.165) is 12.8 Å². The van der Waals surface area contributed by atoms with Gasteiger partial charge in [-0.15, -0.1) is 0 Å². The van der Waals surface area contributed by atoms with Gasteiger partial charge in [0.05, 0.1) is 11.0 Å². The molecule has 2 unspecified atom stereocenters. The van der Waals surface area contributed by atoms with Gasteiger partial charge in [-0.05, 0) is 31.6 Å². The molecule has 21 heavy (non-hydrogen) atoms. The highest BCUT2D eigenvalue weighted by atomic mass is 32.2. The minimum absolute atomic E-state index is 0.0188. The number of benzene rings is 1. The Kier molecular flexibility index (Phi) is 4.01. The molecule has 6 nitrogen and oxygen atoms in total. The Labute approximate surface area is 126 Å². The van der Waals surface area contributed by atoms with Crippen LogP contribution in [0.2, 0.25) is 0 Å². The van der Waals surface area contributed by atoms with Crippen molar-refractivity contribution in [3.05, 3.63) is 28.3 Å². The van der Waals surface area contributed by atoms with E-state index in [2.05, 4.69) is 16.6 Å². The van der Waals surface area contributed by atoms with Crippen LogP contribution in [0.15, 0.2) is 22.6 Å². The largest absolute Gasteiger partial charge is 0.423 e. The molecule has 1 fully saturated rings. The lowest BCUT2D eigenvalue weighted by Crippen LogP contribution is -2.28. The molecule has 7 heteroatoms. The van der Waals surface area contributed by atoms with Gasteiger partial charge in [-0.1, -0.05) is 6.42 Å². The molecule has 0 amide bonds. The Morgan fingerprint density at radius 1 is 1.48 bits per heavy atom. The Balaban J connectivity index is 1.76. The van der Waals surface area contributed by atoms with Gasteiger partial charge in [0.15, 0.2) is 5.58 Å². The quantitative estimate of drug-likeness (QED) is 0.683. The molecule has 0 radical (unpaired) electrons. The summed E-state index contributed by atoms with van der Waals surface area (Å²) in [5.41, 5.74) is 1.11. The predicted octanol–water partition coefficient (Wildman–Crippen LogP) is 3.82. The van der Waals surface area contributed by atoms with Crippen LogP contribution < -0.4 is 5.32 Å². The Hall–Kier alpha value is -1.76. The number of oxazole rings is 1. The summed E-state index contributed by atoms with van der Waals surface area (Å²) >= 11 is 1.90. The number of hydrogen-bond donors (Lipinski definition) is 1. The molecule has 0 saturated heterocycles. The maximum Gasteiger partial charge on any atom is 0.295 e. The number of nitrogens with one attached hydrogen (secondary N) is 1. The summed E-state index contributed by atoms with van der Waals surface area (Å²) in [7, 11) is 0. The second-order valence-electron chi connectivity index (χ2n) is 5.29. The first-order valence-corrected chi connectivity index (χ1v) is 8.29. The van der Waals surface area contributed by atoms with Crippen molar-refractivity contribution in [2.75, 3.05) is 11.6 Å². The summed E-state index contributed by atoms with van der Waals surface area (Å²) in [5, 5.41) is 14.8. The molecule has 112 valence electrons. The van der Waals surface area contributed by atoms with E-state index in [9.17, 15) is 10.1 Å². The fourth-order valence-corrected chi connectivity index (χ4v) is 3.58. The van der Waals surface area contributed by atoms with Crippen LogP contribution in [-0.4, -0.2) is 27.5 Å². The summed E-state index contributed by atoms with van der Waals surface area (Å²) in [4.78, 5) is 14.7. The van der Waals surface area contributed by atoms with Crippen LogP contribution in [0.5, 0.6) is 0 Å². The molecule has 1 heterocycles. The highest BCUT2D eigenvalue weighted by Gasteiger charge is 2.22. The van der Waals surface area contributed by atoms with Crippen molar-refractivity contribution in [2.24, 2.45) is 0 Å². The number of aromatic nitrogens is 1. The lowest BCUT2D eigenvalue weighted by atomic mass is 9.95. The Morgan fingerprint density at radius 2 is 2.33 bits per heavy atom. The van der Waals surface area contributed by atoms with E-state index in [1.54, 1.807) is 6.07 Å². The number of nitro benzene ring substituents is 1. The minimum Gasteiger partial charge on any atom is -0.423 e. The molecule has 2 atom stereocenters. The first-order valence-electron chi connectivity index (χ1n) is 7.00. The molecule has 3 rings (SSSR count). The van der Waals surface area contributed by atoms with E-state index < -0.39 is 4.92 Å². The molecule has 0 spiro atoms. The lowest BCUT2D eigenvalue weighted by molar-refractivity contribution is -0.384. The van der Waals surface area contributed by atoms with Gasteiger partial charge in [-0.3, -0.25) is 10.1 Å². The fraction of sp³-hybridized carbons (Fsp3) is 0.500. The van der Waals surface area contributed by atoms with Gasteiger partial charge in [-0.25, -0.2) is 0 Å². The zero-order valence-electron chi connectivity index (χ0n) is 11.7. The van der Waals surface area contributed by atoms with Crippen molar-refractivity contribution < 1.29 is 9.34 Å². The number of anilines is 1. The second kappa shape index (κ2) is 5.93. The SMILES string of the molecule is CSC1CCCC(Nc2nc3ccc([N+](=O)[O-])cc3o2)C1. The third-order valence-electron chi connectivity index (χ3n) is 3.87. The van der Waals surface area contributed by atoms with E-state index in [0.29, 0.717) is 28.4 Å². The maximum absolute atomic E-state index is 10.8. The molecular weight excluding hydrogens is 290 g/mol. The molecule has 0 aliphatic heterocycles. The predicted molar refractivity (Wildman–Crippen MR) is 83.8 cm³/mol. The summed E-state index contributed by atoms with van der Waals surface area (Å²) in [6, 6.07) is 5.29.